The fraction of sp³-hybridized carbons (Fsp3) is 0.611. The van der Waals surface area contributed by atoms with Gasteiger partial charge in [0.05, 0.1) is 7.11 Å². The van der Waals surface area contributed by atoms with Crippen LogP contribution in [0.4, 0.5) is 10.1 Å². The zero-order chi connectivity index (χ0) is 16.3. The standard InChI is InChI=1S/C18H26FNO2/c1-11(2)14-7-5-12(3)9-15(14)18(21)20-13-6-8-17(22-4)16(19)10-13/h6,8,10-12,14-15H,5,7,9H2,1-4H3,(H,20,21). The lowest BCUT2D eigenvalue weighted by Crippen LogP contribution is -2.36. The zero-order valence-electron chi connectivity index (χ0n) is 13.9. The average Bonchev–Trinajstić information content (AvgIpc) is 2.47. The molecule has 1 N–H and O–H groups in total. The Morgan fingerprint density at radius 1 is 1.36 bits per heavy atom. The topological polar surface area (TPSA) is 38.3 Å². The van der Waals surface area contributed by atoms with Crippen molar-refractivity contribution in [3.8, 4) is 5.75 Å². The maximum absolute atomic E-state index is 13.7. The van der Waals surface area contributed by atoms with Gasteiger partial charge in [-0.15, -0.1) is 0 Å². The molecule has 1 amide bonds. The van der Waals surface area contributed by atoms with Crippen LogP contribution >= 0.6 is 0 Å². The highest BCUT2D eigenvalue weighted by Crippen LogP contribution is 2.38. The summed E-state index contributed by atoms with van der Waals surface area (Å²) in [6, 6.07) is 4.53. The molecule has 1 aromatic rings. The van der Waals surface area contributed by atoms with Gasteiger partial charge >= 0.3 is 0 Å². The second-order valence-electron chi connectivity index (χ2n) is 6.77. The molecule has 1 fully saturated rings. The molecule has 0 heterocycles. The summed E-state index contributed by atoms with van der Waals surface area (Å²) >= 11 is 0. The lowest BCUT2D eigenvalue weighted by molar-refractivity contribution is -0.123. The molecule has 0 saturated heterocycles. The van der Waals surface area contributed by atoms with Gasteiger partial charge in [-0.25, -0.2) is 4.39 Å². The highest BCUT2D eigenvalue weighted by atomic mass is 19.1. The summed E-state index contributed by atoms with van der Waals surface area (Å²) in [7, 11) is 1.42. The van der Waals surface area contributed by atoms with Crippen molar-refractivity contribution in [1.82, 2.24) is 0 Å². The Hall–Kier alpha value is -1.58. The first-order valence-corrected chi connectivity index (χ1v) is 8.06. The van der Waals surface area contributed by atoms with Gasteiger partial charge in [0.25, 0.3) is 0 Å². The molecule has 2 rings (SSSR count). The number of hydrogen-bond donors (Lipinski definition) is 1. The van der Waals surface area contributed by atoms with Crippen LogP contribution in [0, 0.1) is 29.5 Å². The zero-order valence-corrected chi connectivity index (χ0v) is 13.9. The molecule has 3 unspecified atom stereocenters. The van der Waals surface area contributed by atoms with Crippen molar-refractivity contribution in [3.05, 3.63) is 24.0 Å². The van der Waals surface area contributed by atoms with Crippen molar-refractivity contribution in [1.29, 1.82) is 0 Å². The number of anilines is 1. The number of halogens is 1. The lowest BCUT2D eigenvalue weighted by Gasteiger charge is -2.36. The van der Waals surface area contributed by atoms with Crippen LogP contribution in [-0.4, -0.2) is 13.0 Å². The Kier molecular flexibility index (Phi) is 5.43. The highest BCUT2D eigenvalue weighted by molar-refractivity contribution is 5.92. The Bertz CT molecular complexity index is 530. The molecular formula is C18H26FNO2. The second-order valence-corrected chi connectivity index (χ2v) is 6.77. The Labute approximate surface area is 132 Å². The molecule has 1 saturated carbocycles. The summed E-state index contributed by atoms with van der Waals surface area (Å²) in [6.07, 6.45) is 3.19. The molecule has 3 nitrogen and oxygen atoms in total. The first kappa shape index (κ1) is 16.8. The van der Waals surface area contributed by atoms with Crippen LogP contribution in [0.1, 0.15) is 40.0 Å². The summed E-state index contributed by atoms with van der Waals surface area (Å²) in [5.41, 5.74) is 0.490. The monoisotopic (exact) mass is 307 g/mol. The molecule has 1 aliphatic carbocycles. The van der Waals surface area contributed by atoms with E-state index in [4.69, 9.17) is 4.74 Å². The number of ether oxygens (including phenoxy) is 1. The van der Waals surface area contributed by atoms with Crippen LogP contribution in [0.25, 0.3) is 0 Å². The Balaban J connectivity index is 2.10. The van der Waals surface area contributed by atoms with E-state index in [2.05, 4.69) is 26.1 Å². The summed E-state index contributed by atoms with van der Waals surface area (Å²) in [6.45, 7) is 6.55. The molecule has 3 atom stereocenters. The molecule has 122 valence electrons. The van der Waals surface area contributed by atoms with Gasteiger partial charge in [0, 0.05) is 17.7 Å². The van der Waals surface area contributed by atoms with Crippen LogP contribution in [-0.2, 0) is 4.79 Å². The molecule has 0 bridgehead atoms. The van der Waals surface area contributed by atoms with E-state index < -0.39 is 5.82 Å². The predicted molar refractivity (Wildman–Crippen MR) is 86.4 cm³/mol. The van der Waals surface area contributed by atoms with Gasteiger partial charge in [0.1, 0.15) is 0 Å². The van der Waals surface area contributed by atoms with Crippen molar-refractivity contribution in [3.63, 3.8) is 0 Å². The summed E-state index contributed by atoms with van der Waals surface area (Å²) in [4.78, 5) is 12.6. The third kappa shape index (κ3) is 3.79. The quantitative estimate of drug-likeness (QED) is 0.890. The van der Waals surface area contributed by atoms with Crippen molar-refractivity contribution < 1.29 is 13.9 Å². The number of methoxy groups -OCH3 is 1. The summed E-state index contributed by atoms with van der Waals surface area (Å²) in [5, 5.41) is 2.87. The van der Waals surface area contributed by atoms with E-state index in [0.29, 0.717) is 23.4 Å². The lowest BCUT2D eigenvalue weighted by atomic mass is 9.70. The molecule has 1 aliphatic rings. The van der Waals surface area contributed by atoms with E-state index in [-0.39, 0.29) is 17.6 Å². The van der Waals surface area contributed by atoms with E-state index in [1.807, 2.05) is 0 Å². The van der Waals surface area contributed by atoms with E-state index >= 15 is 0 Å². The maximum atomic E-state index is 13.7. The highest BCUT2D eigenvalue weighted by Gasteiger charge is 2.35. The number of benzene rings is 1. The Morgan fingerprint density at radius 2 is 2.09 bits per heavy atom. The molecule has 1 aromatic carbocycles. The van der Waals surface area contributed by atoms with Crippen LogP contribution in [0.3, 0.4) is 0 Å². The predicted octanol–water partition coefficient (Wildman–Crippen LogP) is 4.48. The van der Waals surface area contributed by atoms with Gasteiger partial charge in [-0.3, -0.25) is 4.79 Å². The van der Waals surface area contributed by atoms with Crippen molar-refractivity contribution in [2.24, 2.45) is 23.7 Å². The molecule has 22 heavy (non-hydrogen) atoms. The summed E-state index contributed by atoms with van der Waals surface area (Å²) < 4.78 is 18.6. The normalized spacial score (nSPS) is 25.1. The van der Waals surface area contributed by atoms with Crippen molar-refractivity contribution >= 4 is 11.6 Å². The van der Waals surface area contributed by atoms with E-state index in [0.717, 1.165) is 12.8 Å². The molecule has 4 heteroatoms. The first-order chi connectivity index (χ1) is 10.4. The fourth-order valence-corrected chi connectivity index (χ4v) is 3.48. The third-order valence-electron chi connectivity index (χ3n) is 4.78. The van der Waals surface area contributed by atoms with E-state index in [9.17, 15) is 9.18 Å². The molecule has 0 aliphatic heterocycles. The van der Waals surface area contributed by atoms with Crippen LogP contribution in [0.2, 0.25) is 0 Å². The minimum Gasteiger partial charge on any atom is -0.494 e. The number of nitrogens with one attached hydrogen (secondary N) is 1. The van der Waals surface area contributed by atoms with Gasteiger partial charge in [-0.2, -0.15) is 0 Å². The van der Waals surface area contributed by atoms with Crippen molar-refractivity contribution in [2.45, 2.75) is 40.0 Å². The smallest absolute Gasteiger partial charge is 0.227 e. The van der Waals surface area contributed by atoms with Gasteiger partial charge in [0.2, 0.25) is 5.91 Å². The van der Waals surface area contributed by atoms with Crippen LogP contribution in [0.15, 0.2) is 18.2 Å². The average molecular weight is 307 g/mol. The number of amides is 1. The largest absolute Gasteiger partial charge is 0.494 e. The SMILES string of the molecule is COc1ccc(NC(=O)C2CC(C)CCC2C(C)C)cc1F. The second kappa shape index (κ2) is 7.12. The van der Waals surface area contributed by atoms with Gasteiger partial charge in [-0.1, -0.05) is 27.2 Å². The van der Waals surface area contributed by atoms with E-state index in [1.54, 1.807) is 6.07 Å². The number of carbonyl (C=O) groups excluding carboxylic acids is 1. The van der Waals surface area contributed by atoms with Gasteiger partial charge in [-0.05, 0) is 42.7 Å². The van der Waals surface area contributed by atoms with Crippen molar-refractivity contribution in [2.75, 3.05) is 12.4 Å². The number of rotatable bonds is 4. The maximum Gasteiger partial charge on any atom is 0.227 e. The molecule has 0 radical (unpaired) electrons. The van der Waals surface area contributed by atoms with E-state index in [1.165, 1.54) is 25.7 Å². The molecule has 0 spiro atoms. The fourth-order valence-electron chi connectivity index (χ4n) is 3.48. The molecule has 0 aromatic heterocycles. The Morgan fingerprint density at radius 3 is 2.68 bits per heavy atom. The number of carbonyl (C=O) groups is 1. The summed E-state index contributed by atoms with van der Waals surface area (Å²) in [5.74, 6) is 1.19. The molecular weight excluding hydrogens is 281 g/mol. The number of hydrogen-bond acceptors (Lipinski definition) is 2. The van der Waals surface area contributed by atoms with Gasteiger partial charge < -0.3 is 10.1 Å². The van der Waals surface area contributed by atoms with Crippen LogP contribution in [0.5, 0.6) is 5.75 Å². The minimum atomic E-state index is -0.460. The third-order valence-corrected chi connectivity index (χ3v) is 4.78. The van der Waals surface area contributed by atoms with Gasteiger partial charge in [0.15, 0.2) is 11.6 Å². The van der Waals surface area contributed by atoms with Crippen LogP contribution < -0.4 is 10.1 Å². The first-order valence-electron chi connectivity index (χ1n) is 8.06. The minimum absolute atomic E-state index is 0.00825.